The van der Waals surface area contributed by atoms with Gasteiger partial charge < -0.3 is 19.9 Å². The largest absolute Gasteiger partial charge is 0.497 e. The minimum Gasteiger partial charge on any atom is -0.497 e. The third-order valence-electron chi connectivity index (χ3n) is 4.37. The number of aromatic nitrogens is 1. The van der Waals surface area contributed by atoms with Crippen LogP contribution in [0.4, 0.5) is 11.4 Å². The Labute approximate surface area is 152 Å². The predicted octanol–water partition coefficient (Wildman–Crippen LogP) is 2.14. The van der Waals surface area contributed by atoms with E-state index in [1.165, 1.54) is 0 Å². The summed E-state index contributed by atoms with van der Waals surface area (Å²) in [5.74, 6) is 0.707. The summed E-state index contributed by atoms with van der Waals surface area (Å²) in [5.41, 5.74) is 2.07. The average molecular weight is 354 g/mol. The van der Waals surface area contributed by atoms with E-state index in [0.717, 1.165) is 17.1 Å². The molecular weight excluding hydrogens is 332 g/mol. The van der Waals surface area contributed by atoms with Gasteiger partial charge in [0.25, 0.3) is 5.91 Å². The zero-order chi connectivity index (χ0) is 18.5. The van der Waals surface area contributed by atoms with Gasteiger partial charge in [-0.15, -0.1) is 0 Å². The SMILES string of the molecule is COc1ccc(Nc2ccnc(C(=O)N3CCN(C(C)=O)CC3)c2)cc1. The van der Waals surface area contributed by atoms with Crippen LogP contribution in [0.15, 0.2) is 42.6 Å². The van der Waals surface area contributed by atoms with Gasteiger partial charge in [-0.25, -0.2) is 0 Å². The monoisotopic (exact) mass is 354 g/mol. The molecule has 1 fully saturated rings. The fraction of sp³-hybridized carbons (Fsp3) is 0.316. The Kier molecular flexibility index (Phi) is 5.36. The first-order valence-electron chi connectivity index (χ1n) is 8.49. The Morgan fingerprint density at radius 2 is 1.65 bits per heavy atom. The van der Waals surface area contributed by atoms with Gasteiger partial charge >= 0.3 is 0 Å². The number of piperazine rings is 1. The van der Waals surface area contributed by atoms with Gasteiger partial charge in [-0.3, -0.25) is 14.6 Å². The average Bonchev–Trinajstić information content (AvgIpc) is 2.68. The molecule has 0 atom stereocenters. The molecule has 2 heterocycles. The van der Waals surface area contributed by atoms with E-state index < -0.39 is 0 Å². The molecule has 1 aliphatic rings. The molecule has 7 heteroatoms. The van der Waals surface area contributed by atoms with Gasteiger partial charge in [0.1, 0.15) is 11.4 Å². The summed E-state index contributed by atoms with van der Waals surface area (Å²) in [7, 11) is 1.62. The Bertz CT molecular complexity index is 784. The van der Waals surface area contributed by atoms with Crippen molar-refractivity contribution in [1.29, 1.82) is 0 Å². The third kappa shape index (κ3) is 4.11. The number of carbonyl (C=O) groups excluding carboxylic acids is 2. The van der Waals surface area contributed by atoms with E-state index in [1.54, 1.807) is 36.1 Å². The lowest BCUT2D eigenvalue weighted by atomic mass is 10.2. The van der Waals surface area contributed by atoms with Crippen molar-refractivity contribution in [3.63, 3.8) is 0 Å². The van der Waals surface area contributed by atoms with Gasteiger partial charge in [0, 0.05) is 50.7 Å². The fourth-order valence-electron chi connectivity index (χ4n) is 2.85. The molecule has 0 radical (unpaired) electrons. The highest BCUT2D eigenvalue weighted by Crippen LogP contribution is 2.20. The van der Waals surface area contributed by atoms with E-state index in [1.807, 2.05) is 30.3 Å². The Balaban J connectivity index is 1.66. The minimum atomic E-state index is -0.119. The van der Waals surface area contributed by atoms with E-state index in [4.69, 9.17) is 4.74 Å². The van der Waals surface area contributed by atoms with Crippen molar-refractivity contribution in [2.24, 2.45) is 0 Å². The number of ether oxygens (including phenoxy) is 1. The summed E-state index contributed by atoms with van der Waals surface area (Å²) in [6.07, 6.45) is 1.62. The summed E-state index contributed by atoms with van der Waals surface area (Å²) in [6, 6.07) is 11.1. The standard InChI is InChI=1S/C19H22N4O3/c1-14(24)22-9-11-23(12-10-22)19(25)18-13-16(7-8-20-18)21-15-3-5-17(26-2)6-4-15/h3-8,13H,9-12H2,1-2H3,(H,20,21). The Morgan fingerprint density at radius 3 is 2.27 bits per heavy atom. The van der Waals surface area contributed by atoms with E-state index >= 15 is 0 Å². The zero-order valence-corrected chi connectivity index (χ0v) is 14.9. The minimum absolute atomic E-state index is 0.0425. The van der Waals surface area contributed by atoms with Crippen LogP contribution in [0.25, 0.3) is 0 Å². The van der Waals surface area contributed by atoms with Crippen molar-refractivity contribution in [3.05, 3.63) is 48.3 Å². The second kappa shape index (κ2) is 7.86. The fourth-order valence-corrected chi connectivity index (χ4v) is 2.85. The maximum absolute atomic E-state index is 12.7. The van der Waals surface area contributed by atoms with Gasteiger partial charge in [-0.1, -0.05) is 0 Å². The summed E-state index contributed by atoms with van der Waals surface area (Å²) in [5, 5.41) is 3.26. The zero-order valence-electron chi connectivity index (χ0n) is 14.9. The van der Waals surface area contributed by atoms with Gasteiger partial charge in [-0.05, 0) is 36.4 Å². The molecule has 7 nitrogen and oxygen atoms in total. The molecule has 2 aromatic rings. The smallest absolute Gasteiger partial charge is 0.272 e. The van der Waals surface area contributed by atoms with Crippen molar-refractivity contribution in [2.45, 2.75) is 6.92 Å². The van der Waals surface area contributed by atoms with Crippen molar-refractivity contribution < 1.29 is 14.3 Å². The number of amides is 2. The van der Waals surface area contributed by atoms with Crippen molar-refractivity contribution >= 4 is 23.2 Å². The van der Waals surface area contributed by atoms with Crippen LogP contribution in [0.1, 0.15) is 17.4 Å². The third-order valence-corrected chi connectivity index (χ3v) is 4.37. The number of methoxy groups -OCH3 is 1. The first-order valence-corrected chi connectivity index (χ1v) is 8.49. The molecule has 2 amide bonds. The van der Waals surface area contributed by atoms with Crippen LogP contribution in [0, 0.1) is 0 Å². The van der Waals surface area contributed by atoms with Crippen LogP contribution >= 0.6 is 0 Å². The molecule has 0 spiro atoms. The maximum atomic E-state index is 12.7. The number of hydrogen-bond acceptors (Lipinski definition) is 5. The molecule has 0 aliphatic carbocycles. The van der Waals surface area contributed by atoms with Crippen molar-refractivity contribution in [1.82, 2.24) is 14.8 Å². The van der Waals surface area contributed by atoms with Gasteiger partial charge in [-0.2, -0.15) is 0 Å². The van der Waals surface area contributed by atoms with Crippen LogP contribution in [-0.2, 0) is 4.79 Å². The number of pyridine rings is 1. The van der Waals surface area contributed by atoms with E-state index in [-0.39, 0.29) is 11.8 Å². The van der Waals surface area contributed by atoms with Gasteiger partial charge in [0.2, 0.25) is 5.91 Å². The van der Waals surface area contributed by atoms with Gasteiger partial charge in [0.15, 0.2) is 0 Å². The highest BCUT2D eigenvalue weighted by Gasteiger charge is 2.24. The second-order valence-corrected chi connectivity index (χ2v) is 6.08. The van der Waals surface area contributed by atoms with Crippen LogP contribution in [0.5, 0.6) is 5.75 Å². The summed E-state index contributed by atoms with van der Waals surface area (Å²) in [4.78, 5) is 31.8. The van der Waals surface area contributed by atoms with Crippen LogP contribution in [-0.4, -0.2) is 59.9 Å². The molecular formula is C19H22N4O3. The first-order chi connectivity index (χ1) is 12.6. The van der Waals surface area contributed by atoms with E-state index in [0.29, 0.717) is 31.9 Å². The summed E-state index contributed by atoms with van der Waals surface area (Å²) in [6.45, 7) is 3.72. The lowest BCUT2D eigenvalue weighted by Crippen LogP contribution is -2.50. The summed E-state index contributed by atoms with van der Waals surface area (Å²) < 4.78 is 5.15. The van der Waals surface area contributed by atoms with E-state index in [2.05, 4.69) is 10.3 Å². The highest BCUT2D eigenvalue weighted by atomic mass is 16.5. The second-order valence-electron chi connectivity index (χ2n) is 6.08. The Morgan fingerprint density at radius 1 is 1.00 bits per heavy atom. The lowest BCUT2D eigenvalue weighted by molar-refractivity contribution is -0.130. The topological polar surface area (TPSA) is 74.8 Å². The number of carbonyl (C=O) groups is 2. The molecule has 26 heavy (non-hydrogen) atoms. The van der Waals surface area contributed by atoms with E-state index in [9.17, 15) is 9.59 Å². The molecule has 1 aliphatic heterocycles. The van der Waals surface area contributed by atoms with Crippen molar-refractivity contribution in [2.75, 3.05) is 38.6 Å². The van der Waals surface area contributed by atoms with Gasteiger partial charge in [0.05, 0.1) is 7.11 Å². The molecule has 1 N–H and O–H groups in total. The van der Waals surface area contributed by atoms with Crippen LogP contribution < -0.4 is 10.1 Å². The van der Waals surface area contributed by atoms with Crippen LogP contribution in [0.2, 0.25) is 0 Å². The number of hydrogen-bond donors (Lipinski definition) is 1. The Hall–Kier alpha value is -3.09. The predicted molar refractivity (Wildman–Crippen MR) is 98.7 cm³/mol. The number of rotatable bonds is 4. The molecule has 0 unspecified atom stereocenters. The number of nitrogens with zero attached hydrogens (tertiary/aromatic N) is 3. The first kappa shape index (κ1) is 17.7. The number of benzene rings is 1. The molecule has 1 aromatic carbocycles. The normalized spacial score (nSPS) is 14.1. The maximum Gasteiger partial charge on any atom is 0.272 e. The quantitative estimate of drug-likeness (QED) is 0.910. The highest BCUT2D eigenvalue weighted by molar-refractivity contribution is 5.93. The number of anilines is 2. The lowest BCUT2D eigenvalue weighted by Gasteiger charge is -2.34. The molecule has 136 valence electrons. The van der Waals surface area contributed by atoms with Crippen LogP contribution in [0.3, 0.4) is 0 Å². The molecule has 3 rings (SSSR count). The molecule has 1 aromatic heterocycles. The molecule has 0 bridgehead atoms. The summed E-state index contributed by atoms with van der Waals surface area (Å²) >= 11 is 0. The molecule has 1 saturated heterocycles. The molecule has 0 saturated carbocycles. The van der Waals surface area contributed by atoms with Crippen molar-refractivity contribution in [3.8, 4) is 5.75 Å². The number of nitrogens with one attached hydrogen (secondary N) is 1.